The summed E-state index contributed by atoms with van der Waals surface area (Å²) in [5, 5.41) is 37.0. The molecule has 4 nitrogen and oxygen atoms in total. The Morgan fingerprint density at radius 1 is 1.54 bits per heavy atom. The van der Waals surface area contributed by atoms with Gasteiger partial charge in [-0.05, 0) is 17.0 Å². The highest BCUT2D eigenvalue weighted by Gasteiger charge is 2.18. The summed E-state index contributed by atoms with van der Waals surface area (Å²) in [4.78, 5) is 0.694. The quantitative estimate of drug-likeness (QED) is 0.605. The summed E-state index contributed by atoms with van der Waals surface area (Å²) < 4.78 is 0. The molecule has 0 radical (unpaired) electrons. The molecule has 70 valence electrons. The van der Waals surface area contributed by atoms with Crippen LogP contribution in [0.5, 0.6) is 0 Å². The van der Waals surface area contributed by atoms with E-state index in [1.54, 1.807) is 11.4 Å². The highest BCUT2D eigenvalue weighted by atomic mass is 32.1. The highest BCUT2D eigenvalue weighted by Crippen LogP contribution is 2.23. The molecule has 2 unspecified atom stereocenters. The lowest BCUT2D eigenvalue weighted by atomic mass is 10.1. The Morgan fingerprint density at radius 3 is 2.69 bits per heavy atom. The molecule has 3 N–H and O–H groups in total. The van der Waals surface area contributed by atoms with Crippen LogP contribution in [0.25, 0.3) is 0 Å². The molecule has 0 saturated heterocycles. The Balaban J connectivity index is 2.78. The molecule has 0 aromatic carbocycles. The van der Waals surface area contributed by atoms with Gasteiger partial charge in [-0.15, -0.1) is 11.3 Å². The van der Waals surface area contributed by atoms with E-state index in [0.29, 0.717) is 10.4 Å². The maximum Gasteiger partial charge on any atom is 0.170 e. The SMILES string of the molecule is N#CC(O)C(O)c1csc(CO)c1. The van der Waals surface area contributed by atoms with E-state index in [1.807, 2.05) is 0 Å². The summed E-state index contributed by atoms with van der Waals surface area (Å²) in [6.45, 7) is -0.0972. The van der Waals surface area contributed by atoms with E-state index in [1.165, 1.54) is 17.4 Å². The van der Waals surface area contributed by atoms with Crippen LogP contribution in [0.2, 0.25) is 0 Å². The number of aliphatic hydroxyl groups is 3. The third-order valence-corrected chi connectivity index (χ3v) is 2.54. The van der Waals surface area contributed by atoms with E-state index in [4.69, 9.17) is 15.5 Å². The molecular formula is C8H9NO3S. The normalized spacial score (nSPS) is 14.9. The van der Waals surface area contributed by atoms with Crippen molar-refractivity contribution in [2.75, 3.05) is 0 Å². The zero-order valence-electron chi connectivity index (χ0n) is 6.71. The number of rotatable bonds is 3. The van der Waals surface area contributed by atoms with E-state index >= 15 is 0 Å². The Morgan fingerprint density at radius 2 is 2.23 bits per heavy atom. The second kappa shape index (κ2) is 4.35. The molecule has 5 heteroatoms. The van der Waals surface area contributed by atoms with Crippen molar-refractivity contribution >= 4 is 11.3 Å². The van der Waals surface area contributed by atoms with Crippen molar-refractivity contribution in [2.24, 2.45) is 0 Å². The van der Waals surface area contributed by atoms with Crippen LogP contribution in [0.1, 0.15) is 16.5 Å². The van der Waals surface area contributed by atoms with Crippen molar-refractivity contribution in [1.29, 1.82) is 5.26 Å². The minimum Gasteiger partial charge on any atom is -0.391 e. The lowest BCUT2D eigenvalue weighted by molar-refractivity contribution is 0.0530. The van der Waals surface area contributed by atoms with Crippen molar-refractivity contribution < 1.29 is 15.3 Å². The third-order valence-electron chi connectivity index (χ3n) is 1.60. The van der Waals surface area contributed by atoms with Gasteiger partial charge in [0, 0.05) is 4.88 Å². The zero-order chi connectivity index (χ0) is 9.84. The van der Waals surface area contributed by atoms with Crippen LogP contribution >= 0.6 is 11.3 Å². The number of hydrogen-bond donors (Lipinski definition) is 3. The minimum atomic E-state index is -1.42. The fraction of sp³-hybridized carbons (Fsp3) is 0.375. The van der Waals surface area contributed by atoms with Crippen molar-refractivity contribution in [2.45, 2.75) is 18.8 Å². The fourth-order valence-corrected chi connectivity index (χ4v) is 1.66. The molecule has 0 spiro atoms. The molecule has 1 aromatic rings. The largest absolute Gasteiger partial charge is 0.391 e. The van der Waals surface area contributed by atoms with E-state index in [9.17, 15) is 5.11 Å². The first kappa shape index (κ1) is 10.2. The molecule has 0 aliphatic heterocycles. The average molecular weight is 199 g/mol. The Kier molecular flexibility index (Phi) is 3.39. The van der Waals surface area contributed by atoms with Crippen molar-refractivity contribution in [1.82, 2.24) is 0 Å². The van der Waals surface area contributed by atoms with Crippen LogP contribution in [0.15, 0.2) is 11.4 Å². The Bertz CT molecular complexity index is 317. The van der Waals surface area contributed by atoms with Gasteiger partial charge in [-0.1, -0.05) is 0 Å². The predicted octanol–water partition coefficient (Wildman–Crippen LogP) is 0.158. The van der Waals surface area contributed by atoms with Gasteiger partial charge in [0.2, 0.25) is 0 Å². The third kappa shape index (κ3) is 2.26. The standard InChI is InChI=1S/C8H9NO3S/c9-2-7(11)8(12)5-1-6(3-10)13-4-5/h1,4,7-8,10-12H,3H2. The summed E-state index contributed by atoms with van der Waals surface area (Å²) in [7, 11) is 0. The van der Waals surface area contributed by atoms with Crippen LogP contribution in [-0.2, 0) is 6.61 Å². The Hall–Kier alpha value is -0.930. The number of thiophene rings is 1. The minimum absolute atomic E-state index is 0.0972. The van der Waals surface area contributed by atoms with Gasteiger partial charge in [0.15, 0.2) is 6.10 Å². The number of nitriles is 1. The summed E-state index contributed by atoms with van der Waals surface area (Å²) >= 11 is 1.28. The maximum absolute atomic E-state index is 9.35. The van der Waals surface area contributed by atoms with Crippen molar-refractivity contribution in [3.05, 3.63) is 21.9 Å². The average Bonchev–Trinajstić information content (AvgIpc) is 2.63. The van der Waals surface area contributed by atoms with Crippen LogP contribution in [0.3, 0.4) is 0 Å². The van der Waals surface area contributed by atoms with Crippen molar-refractivity contribution in [3.8, 4) is 6.07 Å². The van der Waals surface area contributed by atoms with E-state index < -0.39 is 12.2 Å². The molecule has 2 atom stereocenters. The summed E-state index contributed by atoms with van der Waals surface area (Å²) in [6.07, 6.45) is -2.61. The van der Waals surface area contributed by atoms with E-state index in [0.717, 1.165) is 0 Å². The molecule has 13 heavy (non-hydrogen) atoms. The first-order chi connectivity index (χ1) is 6.19. The number of nitrogens with zero attached hydrogens (tertiary/aromatic N) is 1. The van der Waals surface area contributed by atoms with Gasteiger partial charge in [-0.2, -0.15) is 5.26 Å². The number of aliphatic hydroxyl groups excluding tert-OH is 3. The molecule has 0 aliphatic rings. The smallest absolute Gasteiger partial charge is 0.170 e. The highest BCUT2D eigenvalue weighted by molar-refractivity contribution is 7.10. The molecule has 0 saturated carbocycles. The molecule has 1 aromatic heterocycles. The van der Waals surface area contributed by atoms with Gasteiger partial charge >= 0.3 is 0 Å². The summed E-state index contributed by atoms with van der Waals surface area (Å²) in [5.74, 6) is 0. The van der Waals surface area contributed by atoms with Gasteiger partial charge < -0.3 is 15.3 Å². The van der Waals surface area contributed by atoms with Crippen molar-refractivity contribution in [3.63, 3.8) is 0 Å². The number of hydrogen-bond acceptors (Lipinski definition) is 5. The summed E-state index contributed by atoms with van der Waals surface area (Å²) in [6, 6.07) is 3.10. The maximum atomic E-state index is 9.35. The molecule has 1 rings (SSSR count). The van der Waals surface area contributed by atoms with Crippen LogP contribution in [0.4, 0.5) is 0 Å². The second-order valence-corrected chi connectivity index (χ2v) is 3.52. The molecule has 0 aliphatic carbocycles. The Labute approximate surface area is 79.3 Å². The van der Waals surface area contributed by atoms with Gasteiger partial charge in [0.05, 0.1) is 12.7 Å². The van der Waals surface area contributed by atoms with E-state index in [2.05, 4.69) is 0 Å². The first-order valence-corrected chi connectivity index (χ1v) is 4.51. The van der Waals surface area contributed by atoms with Crippen LogP contribution in [-0.4, -0.2) is 21.4 Å². The molecular weight excluding hydrogens is 190 g/mol. The molecule has 1 heterocycles. The fourth-order valence-electron chi connectivity index (χ4n) is 0.889. The van der Waals surface area contributed by atoms with Gasteiger partial charge in [0.25, 0.3) is 0 Å². The molecule has 0 bridgehead atoms. The van der Waals surface area contributed by atoms with Gasteiger partial charge in [-0.3, -0.25) is 0 Å². The zero-order valence-corrected chi connectivity index (χ0v) is 7.53. The topological polar surface area (TPSA) is 84.5 Å². The summed E-state index contributed by atoms with van der Waals surface area (Å²) in [5.41, 5.74) is 0.461. The monoisotopic (exact) mass is 199 g/mol. The molecule has 0 amide bonds. The second-order valence-electron chi connectivity index (χ2n) is 2.52. The van der Waals surface area contributed by atoms with Crippen LogP contribution < -0.4 is 0 Å². The lowest BCUT2D eigenvalue weighted by Gasteiger charge is -2.08. The van der Waals surface area contributed by atoms with E-state index in [-0.39, 0.29) is 6.61 Å². The first-order valence-electron chi connectivity index (χ1n) is 3.63. The molecule has 0 fully saturated rings. The predicted molar refractivity (Wildman–Crippen MR) is 46.8 cm³/mol. The van der Waals surface area contributed by atoms with Gasteiger partial charge in [0.1, 0.15) is 6.10 Å². The van der Waals surface area contributed by atoms with Gasteiger partial charge in [-0.25, -0.2) is 0 Å². The van der Waals surface area contributed by atoms with Crippen LogP contribution in [0, 0.1) is 11.3 Å². The lowest BCUT2D eigenvalue weighted by Crippen LogP contribution is -2.14.